The quantitative estimate of drug-likeness (QED) is 0.631. The summed E-state index contributed by atoms with van der Waals surface area (Å²) in [5, 5.41) is 2.53. The molecule has 0 unspecified atom stereocenters. The first-order valence-corrected chi connectivity index (χ1v) is 8.70. The molecule has 1 aromatic carbocycles. The van der Waals surface area contributed by atoms with Crippen molar-refractivity contribution < 1.29 is 28.6 Å². The second kappa shape index (κ2) is 8.07. The predicted molar refractivity (Wildman–Crippen MR) is 91.2 cm³/mol. The van der Waals surface area contributed by atoms with Crippen LogP contribution in [0, 0.1) is 5.92 Å². The number of rotatable bonds is 5. The zero-order valence-corrected chi connectivity index (χ0v) is 14.7. The van der Waals surface area contributed by atoms with Crippen molar-refractivity contribution in [2.45, 2.75) is 19.8 Å². The molecule has 1 atom stereocenters. The first-order valence-electron chi connectivity index (χ1n) is 8.70. The maximum atomic E-state index is 12.8. The number of ether oxygens (including phenoxy) is 3. The Morgan fingerprint density at radius 3 is 2.88 bits per heavy atom. The van der Waals surface area contributed by atoms with Gasteiger partial charge in [-0.3, -0.25) is 9.59 Å². The second-order valence-corrected chi connectivity index (χ2v) is 6.18. The van der Waals surface area contributed by atoms with E-state index >= 15 is 0 Å². The van der Waals surface area contributed by atoms with Crippen molar-refractivity contribution >= 4 is 17.8 Å². The van der Waals surface area contributed by atoms with Crippen LogP contribution in [0.25, 0.3) is 0 Å². The Morgan fingerprint density at radius 1 is 1.27 bits per heavy atom. The van der Waals surface area contributed by atoms with Gasteiger partial charge in [0.15, 0.2) is 17.3 Å². The topological polar surface area (TPSA) is 94.2 Å². The summed E-state index contributed by atoms with van der Waals surface area (Å²) in [6.07, 6.45) is 1.45. The average molecular weight is 362 g/mol. The summed E-state index contributed by atoms with van der Waals surface area (Å²) in [6, 6.07) is 4.77. The summed E-state index contributed by atoms with van der Waals surface area (Å²) >= 11 is 0. The highest BCUT2D eigenvalue weighted by molar-refractivity contribution is 5.99. The molecule has 8 nitrogen and oxygen atoms in total. The minimum absolute atomic E-state index is 0.0220. The largest absolute Gasteiger partial charge is 0.465 e. The van der Waals surface area contributed by atoms with Crippen LogP contribution in [0.1, 0.15) is 30.1 Å². The number of piperidine rings is 1. The number of likely N-dealkylation sites (tertiary alicyclic amines) is 1. The van der Waals surface area contributed by atoms with Crippen molar-refractivity contribution in [3.05, 3.63) is 23.8 Å². The molecule has 0 aliphatic carbocycles. The molecular weight excluding hydrogens is 340 g/mol. The van der Waals surface area contributed by atoms with Gasteiger partial charge in [0, 0.05) is 24.6 Å². The van der Waals surface area contributed by atoms with Crippen LogP contribution in [0.3, 0.4) is 0 Å². The van der Waals surface area contributed by atoms with Crippen LogP contribution in [-0.2, 0) is 9.53 Å². The van der Waals surface area contributed by atoms with Gasteiger partial charge < -0.3 is 24.4 Å². The van der Waals surface area contributed by atoms with Gasteiger partial charge in [-0.2, -0.15) is 0 Å². The van der Waals surface area contributed by atoms with Crippen LogP contribution in [0.2, 0.25) is 0 Å². The molecule has 1 aromatic rings. The number of carbonyl (C=O) groups excluding carboxylic acids is 3. The molecule has 1 saturated heterocycles. The van der Waals surface area contributed by atoms with Crippen LogP contribution < -0.4 is 14.8 Å². The van der Waals surface area contributed by atoms with E-state index in [2.05, 4.69) is 5.32 Å². The highest BCUT2D eigenvalue weighted by Gasteiger charge is 2.30. The van der Waals surface area contributed by atoms with E-state index in [-0.39, 0.29) is 37.7 Å². The number of carbonyl (C=O) groups is 3. The molecule has 1 N–H and O–H groups in total. The Hall–Kier alpha value is -2.77. The van der Waals surface area contributed by atoms with Gasteiger partial charge in [0.25, 0.3) is 0 Å². The van der Waals surface area contributed by atoms with E-state index < -0.39 is 5.97 Å². The predicted octanol–water partition coefficient (Wildman–Crippen LogP) is 1.58. The smallest absolute Gasteiger partial charge is 0.325 e. The molecule has 26 heavy (non-hydrogen) atoms. The van der Waals surface area contributed by atoms with E-state index in [9.17, 15) is 14.4 Å². The van der Waals surface area contributed by atoms with Crippen LogP contribution >= 0.6 is 0 Å². The van der Waals surface area contributed by atoms with Gasteiger partial charge >= 0.3 is 12.0 Å². The van der Waals surface area contributed by atoms with E-state index in [0.29, 0.717) is 30.2 Å². The van der Waals surface area contributed by atoms with Crippen molar-refractivity contribution in [3.63, 3.8) is 0 Å². The fourth-order valence-electron chi connectivity index (χ4n) is 3.13. The molecule has 0 aromatic heterocycles. The average Bonchev–Trinajstić information content (AvgIpc) is 3.13. The molecule has 1 fully saturated rings. The number of benzene rings is 1. The minimum atomic E-state index is -0.481. The molecule has 3 rings (SSSR count). The SMILES string of the molecule is CCOC(=O)CNC(=O)N1CCC[C@H](C(=O)c2ccc3c(c2)OCO3)C1. The number of urea groups is 1. The van der Waals surface area contributed by atoms with Crippen LogP contribution in [0.4, 0.5) is 4.79 Å². The minimum Gasteiger partial charge on any atom is -0.465 e. The summed E-state index contributed by atoms with van der Waals surface area (Å²) in [7, 11) is 0. The number of nitrogens with zero attached hydrogens (tertiary/aromatic N) is 1. The first kappa shape index (κ1) is 18.0. The molecule has 0 saturated carbocycles. The van der Waals surface area contributed by atoms with Crippen LogP contribution in [-0.4, -0.2) is 55.7 Å². The standard InChI is InChI=1S/C18H22N2O6/c1-2-24-16(21)9-19-18(23)20-7-3-4-13(10-20)17(22)12-5-6-14-15(8-12)26-11-25-14/h5-6,8,13H,2-4,7,9-11H2,1H3,(H,19,23)/t13-/m0/s1. The number of nitrogens with one attached hydrogen (secondary N) is 1. The van der Waals surface area contributed by atoms with Crippen LogP contribution in [0.15, 0.2) is 18.2 Å². The zero-order valence-electron chi connectivity index (χ0n) is 14.7. The lowest BCUT2D eigenvalue weighted by molar-refractivity contribution is -0.141. The summed E-state index contributed by atoms with van der Waals surface area (Å²) in [5.41, 5.74) is 0.549. The van der Waals surface area contributed by atoms with E-state index in [0.717, 1.165) is 12.8 Å². The van der Waals surface area contributed by atoms with Crippen molar-refractivity contribution in [1.29, 1.82) is 0 Å². The fraction of sp³-hybridized carbons (Fsp3) is 0.500. The second-order valence-electron chi connectivity index (χ2n) is 6.18. The third kappa shape index (κ3) is 4.07. The third-order valence-corrected chi connectivity index (χ3v) is 4.43. The Balaban J connectivity index is 1.58. The number of ketones is 1. The molecule has 140 valence electrons. The Bertz CT molecular complexity index is 705. The highest BCUT2D eigenvalue weighted by Crippen LogP contribution is 2.33. The monoisotopic (exact) mass is 362 g/mol. The van der Waals surface area contributed by atoms with Crippen molar-refractivity contribution in [2.75, 3.05) is 33.0 Å². The van der Waals surface area contributed by atoms with Crippen molar-refractivity contribution in [2.24, 2.45) is 5.92 Å². The highest BCUT2D eigenvalue weighted by atomic mass is 16.7. The van der Waals surface area contributed by atoms with Gasteiger partial charge in [0.05, 0.1) is 6.61 Å². The molecule has 2 heterocycles. The maximum absolute atomic E-state index is 12.8. The molecule has 0 radical (unpaired) electrons. The summed E-state index contributed by atoms with van der Waals surface area (Å²) in [5.74, 6) is 0.412. The van der Waals surface area contributed by atoms with Gasteiger partial charge in [0.1, 0.15) is 6.54 Å². The summed E-state index contributed by atoms with van der Waals surface area (Å²) in [6.45, 7) is 2.83. The van der Waals surface area contributed by atoms with Gasteiger partial charge in [-0.15, -0.1) is 0 Å². The van der Waals surface area contributed by atoms with E-state index in [1.807, 2.05) is 0 Å². The van der Waals surface area contributed by atoms with Gasteiger partial charge in [-0.1, -0.05) is 0 Å². The molecule has 2 aliphatic rings. The molecule has 0 bridgehead atoms. The Kier molecular flexibility index (Phi) is 5.60. The molecule has 2 aliphatic heterocycles. The molecule has 2 amide bonds. The van der Waals surface area contributed by atoms with Gasteiger partial charge in [-0.05, 0) is 38.0 Å². The lowest BCUT2D eigenvalue weighted by atomic mass is 9.90. The number of fused-ring (bicyclic) bond motifs is 1. The van der Waals surface area contributed by atoms with Gasteiger partial charge in [-0.25, -0.2) is 4.79 Å². The molecular formula is C18H22N2O6. The van der Waals surface area contributed by atoms with E-state index in [4.69, 9.17) is 14.2 Å². The normalized spacial score (nSPS) is 18.3. The van der Waals surface area contributed by atoms with Gasteiger partial charge in [0.2, 0.25) is 6.79 Å². The number of hydrogen-bond acceptors (Lipinski definition) is 6. The zero-order chi connectivity index (χ0) is 18.5. The number of hydrogen-bond donors (Lipinski definition) is 1. The van der Waals surface area contributed by atoms with Crippen molar-refractivity contribution in [3.8, 4) is 11.5 Å². The lowest BCUT2D eigenvalue weighted by Crippen LogP contribution is -2.48. The summed E-state index contributed by atoms with van der Waals surface area (Å²) in [4.78, 5) is 37.9. The van der Waals surface area contributed by atoms with Crippen molar-refractivity contribution in [1.82, 2.24) is 10.2 Å². The van der Waals surface area contributed by atoms with Crippen LogP contribution in [0.5, 0.6) is 11.5 Å². The Labute approximate surface area is 151 Å². The summed E-state index contributed by atoms with van der Waals surface area (Å²) < 4.78 is 15.4. The maximum Gasteiger partial charge on any atom is 0.325 e. The van der Waals surface area contributed by atoms with E-state index in [1.54, 1.807) is 30.0 Å². The number of esters is 1. The number of Topliss-reactive ketones (excluding diaryl/α,β-unsaturated/α-hetero) is 1. The lowest BCUT2D eigenvalue weighted by Gasteiger charge is -2.32. The van der Waals surface area contributed by atoms with E-state index in [1.165, 1.54) is 0 Å². The molecule has 0 spiro atoms. The third-order valence-electron chi connectivity index (χ3n) is 4.43. The fourth-order valence-corrected chi connectivity index (χ4v) is 3.13. The number of amides is 2. The molecule has 8 heteroatoms. The first-order chi connectivity index (χ1) is 12.6. The Morgan fingerprint density at radius 2 is 2.08 bits per heavy atom.